The van der Waals surface area contributed by atoms with E-state index in [1.165, 1.54) is 0 Å². The molecule has 0 aliphatic carbocycles. The lowest BCUT2D eigenvalue weighted by molar-refractivity contribution is 0.530. The summed E-state index contributed by atoms with van der Waals surface area (Å²) in [5.41, 5.74) is 1.10. The minimum Gasteiger partial charge on any atom is -0.314 e. The molecule has 3 atom stereocenters. The molecule has 0 aromatic carbocycles. The van der Waals surface area contributed by atoms with E-state index in [0.717, 1.165) is 18.8 Å². The van der Waals surface area contributed by atoms with Crippen LogP contribution in [0.3, 0.4) is 0 Å². The first kappa shape index (κ1) is 11.8. The maximum atomic E-state index is 4.38. The smallest absolute Gasteiger partial charge is 0.0767 e. The van der Waals surface area contributed by atoms with Gasteiger partial charge in [-0.1, -0.05) is 44.6 Å². The van der Waals surface area contributed by atoms with Crippen LogP contribution in [0.5, 0.6) is 0 Å². The Morgan fingerprint density at radius 2 is 2.27 bits per heavy atom. The van der Waals surface area contributed by atoms with E-state index in [1.54, 1.807) is 0 Å². The Hall–Kier alpha value is 0.280. The molecule has 0 spiro atoms. The molecule has 1 aliphatic heterocycles. The van der Waals surface area contributed by atoms with E-state index in [1.807, 2.05) is 18.3 Å². The number of hydrogen-bond donors (Lipinski definition) is 2. The van der Waals surface area contributed by atoms with E-state index in [9.17, 15) is 0 Å². The third-order valence-electron chi connectivity index (χ3n) is 2.41. The molecule has 3 nitrogen and oxygen atoms in total. The van der Waals surface area contributed by atoms with Crippen LogP contribution < -0.4 is 10.6 Å². The highest BCUT2D eigenvalue weighted by Gasteiger charge is 2.24. The molecular weight excluding hydrogens is 369 g/mol. The van der Waals surface area contributed by atoms with Crippen molar-refractivity contribution in [3.05, 3.63) is 30.1 Å². The van der Waals surface area contributed by atoms with Gasteiger partial charge >= 0.3 is 0 Å². The molecule has 5 heteroatoms. The molecule has 1 aromatic rings. The maximum Gasteiger partial charge on any atom is 0.0767 e. The van der Waals surface area contributed by atoms with Crippen LogP contribution >= 0.6 is 38.5 Å². The highest BCUT2D eigenvalue weighted by molar-refractivity contribution is 14.1. The van der Waals surface area contributed by atoms with Crippen molar-refractivity contribution < 1.29 is 0 Å². The third kappa shape index (κ3) is 3.12. The molecule has 2 heterocycles. The van der Waals surface area contributed by atoms with Crippen molar-refractivity contribution in [2.45, 2.75) is 14.9 Å². The monoisotopic (exact) mass is 381 g/mol. The van der Waals surface area contributed by atoms with Crippen LogP contribution in [-0.4, -0.2) is 26.9 Å². The minimum atomic E-state index is 0.287. The zero-order chi connectivity index (χ0) is 10.7. The summed E-state index contributed by atoms with van der Waals surface area (Å²) in [4.78, 5) is 4.71. The molecule has 3 unspecified atom stereocenters. The van der Waals surface area contributed by atoms with E-state index in [2.05, 4.69) is 60.2 Å². The second-order valence-corrected chi connectivity index (χ2v) is 6.14. The van der Waals surface area contributed by atoms with Gasteiger partial charge in [-0.05, 0) is 12.1 Å². The van der Waals surface area contributed by atoms with Crippen LogP contribution in [0.15, 0.2) is 24.4 Å². The maximum absolute atomic E-state index is 4.38. The highest BCUT2D eigenvalue weighted by atomic mass is 127. The Kier molecular flexibility index (Phi) is 4.36. The predicted octanol–water partition coefficient (Wildman–Crippen LogP) is 1.84. The lowest BCUT2D eigenvalue weighted by atomic mass is 10.2. The lowest BCUT2D eigenvalue weighted by Crippen LogP contribution is -2.34. The summed E-state index contributed by atoms with van der Waals surface area (Å²) < 4.78 is 0.552. The summed E-state index contributed by atoms with van der Waals surface area (Å²) >= 11 is 6.10. The van der Waals surface area contributed by atoms with Gasteiger partial charge in [0.2, 0.25) is 0 Å². The number of nitrogens with one attached hydrogen (secondary N) is 2. The highest BCUT2D eigenvalue weighted by Crippen LogP contribution is 2.20. The number of hydrogen-bond acceptors (Lipinski definition) is 3. The summed E-state index contributed by atoms with van der Waals surface area (Å²) in [7, 11) is 0. The number of nitrogens with zero attached hydrogens (tertiary/aromatic N) is 1. The van der Waals surface area contributed by atoms with Gasteiger partial charge < -0.3 is 5.32 Å². The molecule has 0 radical (unpaired) electrons. The summed E-state index contributed by atoms with van der Waals surface area (Å²) in [5.74, 6) is 0. The van der Waals surface area contributed by atoms with Crippen molar-refractivity contribution >= 4 is 38.5 Å². The average molecular weight is 382 g/mol. The zero-order valence-corrected chi connectivity index (χ0v) is 11.9. The van der Waals surface area contributed by atoms with Crippen molar-refractivity contribution in [2.24, 2.45) is 0 Å². The van der Waals surface area contributed by atoms with Gasteiger partial charge in [-0.25, -0.2) is 0 Å². The van der Waals surface area contributed by atoms with Crippen LogP contribution in [0.25, 0.3) is 0 Å². The van der Waals surface area contributed by atoms with E-state index in [4.69, 9.17) is 0 Å². The van der Waals surface area contributed by atoms with Crippen LogP contribution in [-0.2, 0) is 0 Å². The van der Waals surface area contributed by atoms with Crippen LogP contribution in [0.4, 0.5) is 0 Å². The molecule has 1 fully saturated rings. The second kappa shape index (κ2) is 5.56. The standard InChI is InChI=1S/C10H13BrIN3/c11-10-7(12)5-13-6-9(15-10)8-3-1-2-4-14-8/h1-4,7,9-10,13,15H,5-6H2. The SMILES string of the molecule is BrC1NC(c2ccccn2)CNCC1I. The third-order valence-corrected chi connectivity index (χ3v) is 5.46. The van der Waals surface area contributed by atoms with Crippen molar-refractivity contribution in [3.63, 3.8) is 0 Å². The fraction of sp³-hybridized carbons (Fsp3) is 0.500. The van der Waals surface area contributed by atoms with Gasteiger partial charge in [0, 0.05) is 23.2 Å². The van der Waals surface area contributed by atoms with E-state index in [-0.39, 0.29) is 6.04 Å². The largest absolute Gasteiger partial charge is 0.314 e. The minimum absolute atomic E-state index is 0.287. The molecule has 2 rings (SSSR count). The Labute approximate surface area is 112 Å². The fourth-order valence-electron chi connectivity index (χ4n) is 1.60. The fourth-order valence-corrected chi connectivity index (χ4v) is 2.62. The molecule has 0 saturated carbocycles. The van der Waals surface area contributed by atoms with E-state index < -0.39 is 0 Å². The number of alkyl halides is 2. The number of halogens is 2. The van der Waals surface area contributed by atoms with E-state index >= 15 is 0 Å². The van der Waals surface area contributed by atoms with Crippen molar-refractivity contribution in [1.82, 2.24) is 15.6 Å². The van der Waals surface area contributed by atoms with Crippen LogP contribution in [0, 0.1) is 0 Å². The van der Waals surface area contributed by atoms with Crippen molar-refractivity contribution in [1.29, 1.82) is 0 Å². The first-order valence-electron chi connectivity index (χ1n) is 4.93. The molecule has 0 amide bonds. The van der Waals surface area contributed by atoms with Gasteiger partial charge in [0.25, 0.3) is 0 Å². The Bertz CT molecular complexity index is 309. The van der Waals surface area contributed by atoms with Gasteiger partial charge in [0.15, 0.2) is 0 Å². The summed E-state index contributed by atoms with van der Waals surface area (Å²) in [6.45, 7) is 1.95. The quantitative estimate of drug-likeness (QED) is 0.442. The van der Waals surface area contributed by atoms with E-state index in [0.29, 0.717) is 8.88 Å². The topological polar surface area (TPSA) is 37.0 Å². The summed E-state index contributed by atoms with van der Waals surface area (Å²) in [5, 5.41) is 6.97. The molecule has 1 aromatic heterocycles. The van der Waals surface area contributed by atoms with Gasteiger partial charge in [-0.3, -0.25) is 10.3 Å². The van der Waals surface area contributed by atoms with Crippen molar-refractivity contribution in [2.75, 3.05) is 13.1 Å². The first-order chi connectivity index (χ1) is 7.27. The lowest BCUT2D eigenvalue weighted by Gasteiger charge is -2.19. The molecular formula is C10H13BrIN3. The molecule has 0 bridgehead atoms. The van der Waals surface area contributed by atoms with Gasteiger partial charge in [0.05, 0.1) is 16.7 Å². The molecule has 15 heavy (non-hydrogen) atoms. The number of pyridine rings is 1. The van der Waals surface area contributed by atoms with Gasteiger partial charge in [-0.15, -0.1) is 0 Å². The van der Waals surface area contributed by atoms with Gasteiger partial charge in [-0.2, -0.15) is 0 Å². The normalized spacial score (nSPS) is 32.3. The second-order valence-electron chi connectivity index (χ2n) is 3.55. The average Bonchev–Trinajstić information content (AvgIpc) is 2.43. The number of aromatic nitrogens is 1. The Morgan fingerprint density at radius 3 is 3.00 bits per heavy atom. The molecule has 82 valence electrons. The Balaban J connectivity index is 2.10. The predicted molar refractivity (Wildman–Crippen MR) is 73.5 cm³/mol. The number of rotatable bonds is 1. The summed E-state index contributed by atoms with van der Waals surface area (Å²) in [6.07, 6.45) is 1.84. The van der Waals surface area contributed by atoms with Crippen LogP contribution in [0.1, 0.15) is 11.7 Å². The molecule has 1 aliphatic rings. The first-order valence-corrected chi connectivity index (χ1v) is 7.09. The summed E-state index contributed by atoms with van der Waals surface area (Å²) in [6, 6.07) is 6.32. The van der Waals surface area contributed by atoms with Crippen LogP contribution in [0.2, 0.25) is 0 Å². The molecule has 2 N–H and O–H groups in total. The Morgan fingerprint density at radius 1 is 1.40 bits per heavy atom. The molecule has 1 saturated heterocycles. The zero-order valence-electron chi connectivity index (χ0n) is 8.16. The van der Waals surface area contributed by atoms with Gasteiger partial charge in [0.1, 0.15) is 0 Å². The van der Waals surface area contributed by atoms with Crippen molar-refractivity contribution in [3.8, 4) is 0 Å².